The van der Waals surface area contributed by atoms with Gasteiger partial charge >= 0.3 is 17.9 Å². The molecule has 0 aliphatic heterocycles. The topological polar surface area (TPSA) is 183 Å². The third kappa shape index (κ3) is 8.05. The number of carboxylic acid groups (broad SMARTS) is 2. The molecule has 0 aromatic heterocycles. The lowest BCUT2D eigenvalue weighted by Gasteiger charge is -2.22. The Balaban J connectivity index is 1.62. The van der Waals surface area contributed by atoms with E-state index in [1.165, 1.54) is 35.2 Å². The van der Waals surface area contributed by atoms with Gasteiger partial charge in [0.25, 0.3) is 0 Å². The van der Waals surface area contributed by atoms with Crippen LogP contribution in [0.15, 0.2) is 60.7 Å². The molecule has 3 aromatic carbocycles. The number of aromatic carboxylic acids is 2. The van der Waals surface area contributed by atoms with E-state index in [4.69, 9.17) is 27.5 Å². The number of nitrogens with two attached hydrogens (primary N) is 1. The molecule has 0 saturated carbocycles. The molecule has 208 valence electrons. The fourth-order valence-corrected chi connectivity index (χ4v) is 4.10. The maximum absolute atomic E-state index is 12.9. The summed E-state index contributed by atoms with van der Waals surface area (Å²) in [5, 5.41) is 28.7. The van der Waals surface area contributed by atoms with E-state index in [0.717, 1.165) is 6.07 Å². The summed E-state index contributed by atoms with van der Waals surface area (Å²) in [5.74, 6) is -3.36. The van der Waals surface area contributed by atoms with E-state index in [2.05, 4.69) is 5.32 Å². The molecule has 3 rings (SSSR count). The summed E-state index contributed by atoms with van der Waals surface area (Å²) in [7, 11) is 0. The van der Waals surface area contributed by atoms with Crippen LogP contribution in [0.3, 0.4) is 0 Å². The zero-order valence-electron chi connectivity index (χ0n) is 21.4. The van der Waals surface area contributed by atoms with Crippen molar-refractivity contribution in [3.63, 3.8) is 0 Å². The predicted octanol–water partition coefficient (Wildman–Crippen LogP) is 4.24. The van der Waals surface area contributed by atoms with Gasteiger partial charge in [-0.2, -0.15) is 0 Å². The maximum Gasteiger partial charge on any atom is 0.343 e. The summed E-state index contributed by atoms with van der Waals surface area (Å²) in [6.07, 6.45) is 0.389. The van der Waals surface area contributed by atoms with Crippen molar-refractivity contribution >= 4 is 47.1 Å². The number of amides is 1. The van der Waals surface area contributed by atoms with E-state index in [0.29, 0.717) is 34.8 Å². The first-order valence-electron chi connectivity index (χ1n) is 12.1. The number of carbonyl (C=O) groups is 4. The zero-order chi connectivity index (χ0) is 29.4. The second-order valence-electron chi connectivity index (χ2n) is 8.70. The molecule has 40 heavy (non-hydrogen) atoms. The van der Waals surface area contributed by atoms with Gasteiger partial charge < -0.3 is 30.9 Å². The summed E-state index contributed by atoms with van der Waals surface area (Å²) < 4.78 is 5.39. The molecular formula is C28H27ClN4O7. The third-order valence-electron chi connectivity index (χ3n) is 5.84. The summed E-state index contributed by atoms with van der Waals surface area (Å²) in [4.78, 5) is 49.6. The van der Waals surface area contributed by atoms with E-state index in [1.807, 2.05) is 0 Å². The van der Waals surface area contributed by atoms with Crippen LogP contribution in [-0.4, -0.2) is 51.4 Å². The molecule has 0 atom stereocenters. The lowest BCUT2D eigenvalue weighted by atomic mass is 10.0. The SMILES string of the molecule is CCN(Cc1cc(C(=O)O)cc(C(=O)O)c1)C(=O)CCc1ccc(OC(=O)c2ccc(NC(=N)N)cc2)cc1Cl. The van der Waals surface area contributed by atoms with Crippen LogP contribution in [0.2, 0.25) is 5.02 Å². The van der Waals surface area contributed by atoms with Crippen molar-refractivity contribution in [2.45, 2.75) is 26.3 Å². The molecule has 0 heterocycles. The van der Waals surface area contributed by atoms with Crippen molar-refractivity contribution in [1.29, 1.82) is 5.41 Å². The van der Waals surface area contributed by atoms with Gasteiger partial charge in [0.2, 0.25) is 5.91 Å². The number of aryl methyl sites for hydroxylation is 1. The van der Waals surface area contributed by atoms with Crippen molar-refractivity contribution in [1.82, 2.24) is 4.90 Å². The number of hydrogen-bond donors (Lipinski definition) is 5. The van der Waals surface area contributed by atoms with Crippen LogP contribution in [0.5, 0.6) is 5.75 Å². The van der Waals surface area contributed by atoms with Crippen molar-refractivity contribution < 1.29 is 34.1 Å². The Labute approximate surface area is 234 Å². The first kappa shape index (κ1) is 29.7. The number of anilines is 1. The maximum atomic E-state index is 12.9. The first-order valence-corrected chi connectivity index (χ1v) is 12.4. The van der Waals surface area contributed by atoms with Crippen molar-refractivity contribution in [3.8, 4) is 5.75 Å². The number of ether oxygens (including phenoxy) is 1. The van der Waals surface area contributed by atoms with Gasteiger partial charge in [0.05, 0.1) is 16.7 Å². The summed E-state index contributed by atoms with van der Waals surface area (Å²) in [6, 6.07) is 14.7. The minimum Gasteiger partial charge on any atom is -0.478 e. The van der Waals surface area contributed by atoms with Gasteiger partial charge in [-0.05, 0) is 79.1 Å². The number of benzene rings is 3. The Morgan fingerprint density at radius 2 is 1.57 bits per heavy atom. The number of halogens is 1. The van der Waals surface area contributed by atoms with E-state index in [-0.39, 0.29) is 47.3 Å². The third-order valence-corrected chi connectivity index (χ3v) is 6.19. The highest BCUT2D eigenvalue weighted by Gasteiger charge is 2.17. The molecular weight excluding hydrogens is 540 g/mol. The summed E-state index contributed by atoms with van der Waals surface area (Å²) >= 11 is 6.38. The minimum atomic E-state index is -1.26. The summed E-state index contributed by atoms with van der Waals surface area (Å²) in [6.45, 7) is 2.14. The molecule has 0 aliphatic rings. The molecule has 3 aromatic rings. The van der Waals surface area contributed by atoms with Gasteiger partial charge in [0.15, 0.2) is 5.96 Å². The van der Waals surface area contributed by atoms with Crippen LogP contribution in [-0.2, 0) is 17.8 Å². The van der Waals surface area contributed by atoms with Crippen molar-refractivity contribution in [2.75, 3.05) is 11.9 Å². The van der Waals surface area contributed by atoms with E-state index in [9.17, 15) is 29.4 Å². The van der Waals surface area contributed by atoms with Gasteiger partial charge in [-0.25, -0.2) is 14.4 Å². The average molecular weight is 567 g/mol. The van der Waals surface area contributed by atoms with Crippen LogP contribution in [0, 0.1) is 5.41 Å². The number of rotatable bonds is 11. The van der Waals surface area contributed by atoms with Gasteiger partial charge in [-0.3, -0.25) is 10.2 Å². The highest BCUT2D eigenvalue weighted by molar-refractivity contribution is 6.31. The van der Waals surface area contributed by atoms with Gasteiger partial charge in [-0.1, -0.05) is 17.7 Å². The Morgan fingerprint density at radius 3 is 2.10 bits per heavy atom. The second-order valence-corrected chi connectivity index (χ2v) is 9.10. The Kier molecular flexibility index (Phi) is 9.82. The predicted molar refractivity (Wildman–Crippen MR) is 148 cm³/mol. The first-order chi connectivity index (χ1) is 19.0. The lowest BCUT2D eigenvalue weighted by Crippen LogP contribution is -2.30. The van der Waals surface area contributed by atoms with E-state index >= 15 is 0 Å². The number of guanidine groups is 1. The molecule has 11 nitrogen and oxygen atoms in total. The number of nitrogens with zero attached hydrogens (tertiary/aromatic N) is 1. The van der Waals surface area contributed by atoms with Crippen LogP contribution in [0.1, 0.15) is 55.5 Å². The molecule has 0 radical (unpaired) electrons. The van der Waals surface area contributed by atoms with Gasteiger partial charge in [0.1, 0.15) is 5.75 Å². The number of hydrogen-bond acceptors (Lipinski definition) is 6. The van der Waals surface area contributed by atoms with Gasteiger partial charge in [0, 0.05) is 30.2 Å². The Bertz CT molecular complexity index is 1430. The lowest BCUT2D eigenvalue weighted by molar-refractivity contribution is -0.131. The highest BCUT2D eigenvalue weighted by Crippen LogP contribution is 2.25. The number of carbonyl (C=O) groups excluding carboxylic acids is 2. The second kappa shape index (κ2) is 13.3. The quantitative estimate of drug-likeness (QED) is 0.0980. The molecule has 12 heteroatoms. The van der Waals surface area contributed by atoms with Crippen LogP contribution >= 0.6 is 11.6 Å². The van der Waals surface area contributed by atoms with Crippen LogP contribution in [0.25, 0.3) is 0 Å². The zero-order valence-corrected chi connectivity index (χ0v) is 22.2. The normalized spacial score (nSPS) is 10.4. The molecule has 0 spiro atoms. The molecule has 6 N–H and O–H groups in total. The number of nitrogens with one attached hydrogen (secondary N) is 2. The van der Waals surface area contributed by atoms with Crippen molar-refractivity contribution in [2.24, 2.45) is 5.73 Å². The van der Waals surface area contributed by atoms with Crippen LogP contribution < -0.4 is 15.8 Å². The standard InChI is InChI=1S/C28H27ClN4O7/c1-2-33(15-16-11-19(25(35)36)13-20(12-16)26(37)38)24(34)10-6-17-5-9-22(14-23(17)29)40-27(39)18-3-7-21(8-4-18)32-28(30)31/h3-5,7-9,11-14H,2,6,10,15H2,1H3,(H,35,36)(H,37,38)(H4,30,31,32). The number of esters is 1. The average Bonchev–Trinajstić information content (AvgIpc) is 2.90. The molecule has 0 bridgehead atoms. The molecule has 0 aliphatic carbocycles. The van der Waals surface area contributed by atoms with Gasteiger partial charge in [-0.15, -0.1) is 0 Å². The fraction of sp³-hybridized carbons (Fsp3) is 0.179. The fourth-order valence-electron chi connectivity index (χ4n) is 3.83. The van der Waals surface area contributed by atoms with E-state index in [1.54, 1.807) is 31.2 Å². The largest absolute Gasteiger partial charge is 0.478 e. The van der Waals surface area contributed by atoms with Crippen molar-refractivity contribution in [3.05, 3.63) is 93.5 Å². The van der Waals surface area contributed by atoms with Crippen LogP contribution in [0.4, 0.5) is 5.69 Å². The highest BCUT2D eigenvalue weighted by atomic mass is 35.5. The molecule has 0 saturated heterocycles. The monoisotopic (exact) mass is 566 g/mol. The molecule has 0 fully saturated rings. The van der Waals surface area contributed by atoms with E-state index < -0.39 is 17.9 Å². The Morgan fingerprint density at radius 1 is 0.950 bits per heavy atom. The number of carboxylic acids is 2. The summed E-state index contributed by atoms with van der Waals surface area (Å²) in [5.41, 5.74) is 6.81. The molecule has 0 unspecified atom stereocenters. The smallest absolute Gasteiger partial charge is 0.343 e. The Hall–Kier alpha value is -4.90. The minimum absolute atomic E-state index is 0.0468. The molecule has 1 amide bonds.